The summed E-state index contributed by atoms with van der Waals surface area (Å²) >= 11 is 0. The number of carboxylic acid groups (broad SMARTS) is 1. The number of nitrogens with one attached hydrogen (secondary N) is 3. The minimum atomic E-state index is -1.50. The average molecular weight is 199 g/mol. The van der Waals surface area contributed by atoms with Crippen LogP contribution >= 0.6 is 0 Å². The van der Waals surface area contributed by atoms with Crippen LogP contribution in [0.1, 0.15) is 6.92 Å². The van der Waals surface area contributed by atoms with Crippen molar-refractivity contribution in [3.8, 4) is 0 Å². The third-order valence-electron chi connectivity index (χ3n) is 1.24. The van der Waals surface area contributed by atoms with Gasteiger partial charge in [0.25, 0.3) is 0 Å². The van der Waals surface area contributed by atoms with E-state index in [4.69, 9.17) is 10.5 Å². The SMILES string of the molecule is CC(NC(=O)NC(=O)O)=C(C=N)C=O. The van der Waals surface area contributed by atoms with Crippen molar-refractivity contribution in [3.05, 3.63) is 11.3 Å². The second-order valence-corrected chi connectivity index (χ2v) is 2.23. The highest BCUT2D eigenvalue weighted by Crippen LogP contribution is 1.93. The number of aldehydes is 1. The van der Waals surface area contributed by atoms with Crippen molar-refractivity contribution in [2.24, 2.45) is 0 Å². The smallest absolute Gasteiger partial charge is 0.412 e. The van der Waals surface area contributed by atoms with Crippen molar-refractivity contribution in [2.45, 2.75) is 6.92 Å². The maximum atomic E-state index is 10.8. The number of imide groups is 1. The lowest BCUT2D eigenvalue weighted by Gasteiger charge is -2.04. The number of allylic oxidation sites excluding steroid dienone is 2. The van der Waals surface area contributed by atoms with Crippen LogP contribution in [0.2, 0.25) is 0 Å². The standard InChI is InChI=1S/C7H9N3O4/c1-4(5(2-8)3-11)9-6(12)10-7(13)14/h2-3,8H,1H3,(H,13,14)(H2,9,10,12). The van der Waals surface area contributed by atoms with E-state index in [-0.39, 0.29) is 11.3 Å². The first-order valence-electron chi connectivity index (χ1n) is 3.48. The van der Waals surface area contributed by atoms with Crippen LogP contribution in [0.3, 0.4) is 0 Å². The highest BCUT2D eigenvalue weighted by Gasteiger charge is 2.06. The third-order valence-corrected chi connectivity index (χ3v) is 1.24. The van der Waals surface area contributed by atoms with Gasteiger partial charge in [-0.25, -0.2) is 14.9 Å². The Hall–Kier alpha value is -2.18. The molecule has 0 aromatic rings. The van der Waals surface area contributed by atoms with E-state index in [1.165, 1.54) is 12.2 Å². The molecule has 0 saturated carbocycles. The van der Waals surface area contributed by atoms with Gasteiger partial charge in [0.15, 0.2) is 6.29 Å². The summed E-state index contributed by atoms with van der Waals surface area (Å²) in [6, 6.07) is -0.976. The Morgan fingerprint density at radius 1 is 1.36 bits per heavy atom. The Bertz CT molecular complexity index is 298. The molecule has 0 aromatic carbocycles. The molecule has 0 atom stereocenters. The van der Waals surface area contributed by atoms with Crippen molar-refractivity contribution in [1.82, 2.24) is 10.6 Å². The summed E-state index contributed by atoms with van der Waals surface area (Å²) in [6.07, 6.45) is -0.370. The van der Waals surface area contributed by atoms with Crippen molar-refractivity contribution in [2.75, 3.05) is 0 Å². The van der Waals surface area contributed by atoms with Gasteiger partial charge in [-0.2, -0.15) is 0 Å². The quantitative estimate of drug-likeness (QED) is 0.292. The molecule has 0 radical (unpaired) electrons. The maximum absolute atomic E-state index is 10.8. The van der Waals surface area contributed by atoms with Crippen molar-refractivity contribution >= 4 is 24.6 Å². The molecule has 0 rings (SSSR count). The van der Waals surface area contributed by atoms with Crippen LogP contribution in [0.15, 0.2) is 11.3 Å². The number of carbonyl (C=O) groups excluding carboxylic acids is 2. The van der Waals surface area contributed by atoms with Crippen LogP contribution in [0.5, 0.6) is 0 Å². The molecule has 4 N–H and O–H groups in total. The number of carbonyl (C=O) groups is 3. The highest BCUT2D eigenvalue weighted by atomic mass is 16.4. The fourth-order valence-corrected chi connectivity index (χ4v) is 0.601. The predicted molar refractivity (Wildman–Crippen MR) is 47.2 cm³/mol. The molecule has 0 aliphatic heterocycles. The summed E-state index contributed by atoms with van der Waals surface area (Å²) in [5, 5.41) is 18.5. The summed E-state index contributed by atoms with van der Waals surface area (Å²) in [7, 11) is 0. The first-order valence-corrected chi connectivity index (χ1v) is 3.48. The zero-order valence-electron chi connectivity index (χ0n) is 7.33. The zero-order chi connectivity index (χ0) is 11.1. The first kappa shape index (κ1) is 11.8. The van der Waals surface area contributed by atoms with Gasteiger partial charge in [0.2, 0.25) is 0 Å². The molecule has 0 aliphatic carbocycles. The Morgan fingerprint density at radius 2 is 1.93 bits per heavy atom. The Kier molecular flexibility index (Phi) is 4.61. The van der Waals surface area contributed by atoms with E-state index in [2.05, 4.69) is 5.32 Å². The molecule has 7 nitrogen and oxygen atoms in total. The van der Waals surface area contributed by atoms with Crippen molar-refractivity contribution < 1.29 is 19.5 Å². The second-order valence-electron chi connectivity index (χ2n) is 2.23. The molecule has 76 valence electrons. The lowest BCUT2D eigenvalue weighted by molar-refractivity contribution is -0.104. The fourth-order valence-electron chi connectivity index (χ4n) is 0.601. The summed E-state index contributed by atoms with van der Waals surface area (Å²) in [5.74, 6) is 0. The maximum Gasteiger partial charge on any atom is 0.412 e. The molecule has 3 amide bonds. The minimum Gasteiger partial charge on any atom is -0.465 e. The van der Waals surface area contributed by atoms with E-state index in [0.717, 1.165) is 6.21 Å². The van der Waals surface area contributed by atoms with Crippen LogP contribution in [0.4, 0.5) is 9.59 Å². The van der Waals surface area contributed by atoms with Gasteiger partial charge in [-0.15, -0.1) is 0 Å². The van der Waals surface area contributed by atoms with Crippen LogP contribution < -0.4 is 10.6 Å². The van der Waals surface area contributed by atoms with E-state index in [1.54, 1.807) is 0 Å². The van der Waals surface area contributed by atoms with Crippen LogP contribution in [-0.2, 0) is 4.79 Å². The van der Waals surface area contributed by atoms with E-state index in [1.807, 2.05) is 0 Å². The molecule has 0 saturated heterocycles. The van der Waals surface area contributed by atoms with E-state index in [0.29, 0.717) is 6.29 Å². The average Bonchev–Trinajstić information content (AvgIpc) is 2.04. The van der Waals surface area contributed by atoms with Crippen LogP contribution in [0, 0.1) is 5.41 Å². The van der Waals surface area contributed by atoms with Gasteiger partial charge in [0, 0.05) is 11.9 Å². The number of hydrogen-bond acceptors (Lipinski definition) is 4. The molecule has 7 heteroatoms. The molecule has 0 aliphatic rings. The van der Waals surface area contributed by atoms with Crippen molar-refractivity contribution in [1.29, 1.82) is 5.41 Å². The summed E-state index contributed by atoms with van der Waals surface area (Å²) in [5.41, 5.74) is 0.0688. The summed E-state index contributed by atoms with van der Waals surface area (Å²) < 4.78 is 0. The number of amides is 3. The summed E-state index contributed by atoms with van der Waals surface area (Å²) in [6.45, 7) is 1.37. The highest BCUT2D eigenvalue weighted by molar-refractivity contribution is 6.02. The van der Waals surface area contributed by atoms with Gasteiger partial charge in [-0.1, -0.05) is 0 Å². The molecule has 0 spiro atoms. The molecular weight excluding hydrogens is 190 g/mol. The molecule has 0 unspecified atom stereocenters. The monoisotopic (exact) mass is 199 g/mol. The largest absolute Gasteiger partial charge is 0.465 e. The molecule has 0 bridgehead atoms. The van der Waals surface area contributed by atoms with Gasteiger partial charge in [-0.05, 0) is 6.92 Å². The van der Waals surface area contributed by atoms with E-state index < -0.39 is 12.1 Å². The van der Waals surface area contributed by atoms with Gasteiger partial charge in [-0.3, -0.25) is 4.79 Å². The molecule has 14 heavy (non-hydrogen) atoms. The van der Waals surface area contributed by atoms with E-state index >= 15 is 0 Å². The topological polar surface area (TPSA) is 119 Å². The number of urea groups is 1. The molecule has 0 heterocycles. The zero-order valence-corrected chi connectivity index (χ0v) is 7.33. The Balaban J connectivity index is 4.44. The van der Waals surface area contributed by atoms with Gasteiger partial charge in [0.1, 0.15) is 0 Å². The second kappa shape index (κ2) is 5.46. The number of rotatable bonds is 3. The fraction of sp³-hybridized carbons (Fsp3) is 0.143. The molecule has 0 fully saturated rings. The lowest BCUT2D eigenvalue weighted by atomic mass is 10.2. The Morgan fingerprint density at radius 3 is 2.29 bits per heavy atom. The normalized spacial score (nSPS) is 10.9. The van der Waals surface area contributed by atoms with Crippen LogP contribution in [0.25, 0.3) is 0 Å². The number of hydrogen-bond donors (Lipinski definition) is 4. The van der Waals surface area contributed by atoms with Gasteiger partial charge < -0.3 is 15.8 Å². The van der Waals surface area contributed by atoms with Gasteiger partial charge >= 0.3 is 12.1 Å². The van der Waals surface area contributed by atoms with E-state index in [9.17, 15) is 14.4 Å². The Labute approximate surface area is 79.3 Å². The third kappa shape index (κ3) is 4.00. The van der Waals surface area contributed by atoms with Gasteiger partial charge in [0.05, 0.1) is 5.57 Å². The summed E-state index contributed by atoms with van der Waals surface area (Å²) in [4.78, 5) is 31.1. The molecular formula is C7H9N3O4. The first-order chi connectivity index (χ1) is 6.51. The minimum absolute atomic E-state index is 0.0365. The predicted octanol–water partition coefficient (Wildman–Crippen LogP) is 0.0861. The lowest BCUT2D eigenvalue weighted by Crippen LogP contribution is -2.38. The van der Waals surface area contributed by atoms with Crippen LogP contribution in [-0.4, -0.2) is 29.7 Å². The molecule has 0 aromatic heterocycles. The van der Waals surface area contributed by atoms with Crippen molar-refractivity contribution in [3.63, 3.8) is 0 Å².